The second-order valence-electron chi connectivity index (χ2n) is 7.10. The lowest BCUT2D eigenvalue weighted by Crippen LogP contribution is -2.48. The van der Waals surface area contributed by atoms with E-state index < -0.39 is 27.9 Å². The molecule has 0 radical (unpaired) electrons. The van der Waals surface area contributed by atoms with Gasteiger partial charge in [-0.15, -0.1) is 0 Å². The van der Waals surface area contributed by atoms with Crippen LogP contribution in [0.5, 0.6) is 0 Å². The maximum Gasteiger partial charge on any atom is 0.326 e. The summed E-state index contributed by atoms with van der Waals surface area (Å²) in [6.07, 6.45) is 0.593. The van der Waals surface area contributed by atoms with Crippen LogP contribution in [0.4, 0.5) is 0 Å². The first kappa shape index (κ1) is 19.8. The molecule has 0 saturated carbocycles. The number of ether oxygens (including phenoxy) is 1. The van der Waals surface area contributed by atoms with Crippen molar-refractivity contribution in [3.05, 3.63) is 29.8 Å². The Labute approximate surface area is 158 Å². The SMILES string of the molecule is C[C@@H]1CN(S(=O)(=O)c2cccc(C(=O)N3CCC[C@@H]3C(=O)O)c2)C[C@H](C)O1. The lowest BCUT2D eigenvalue weighted by molar-refractivity contribution is -0.141. The van der Waals surface area contributed by atoms with Gasteiger partial charge in [0.05, 0.1) is 17.1 Å². The lowest BCUT2D eigenvalue weighted by atomic mass is 10.1. The molecular formula is C18H24N2O6S. The number of carbonyl (C=O) groups is 2. The number of carbonyl (C=O) groups excluding carboxylic acids is 1. The molecule has 2 saturated heterocycles. The topological polar surface area (TPSA) is 104 Å². The molecule has 2 fully saturated rings. The number of morpholine rings is 1. The molecule has 0 spiro atoms. The van der Waals surface area contributed by atoms with Crippen LogP contribution < -0.4 is 0 Å². The van der Waals surface area contributed by atoms with Gasteiger partial charge < -0.3 is 14.7 Å². The van der Waals surface area contributed by atoms with E-state index in [1.165, 1.54) is 33.5 Å². The van der Waals surface area contributed by atoms with Gasteiger partial charge in [-0.1, -0.05) is 6.07 Å². The van der Waals surface area contributed by atoms with Crippen molar-refractivity contribution in [1.82, 2.24) is 9.21 Å². The molecule has 0 aromatic heterocycles. The van der Waals surface area contributed by atoms with E-state index in [0.717, 1.165) is 0 Å². The summed E-state index contributed by atoms with van der Waals surface area (Å²) in [5, 5.41) is 9.27. The molecule has 0 unspecified atom stereocenters. The van der Waals surface area contributed by atoms with E-state index in [-0.39, 0.29) is 35.8 Å². The first-order valence-electron chi connectivity index (χ1n) is 8.99. The third-order valence-electron chi connectivity index (χ3n) is 4.90. The van der Waals surface area contributed by atoms with Crippen LogP contribution in [0.15, 0.2) is 29.2 Å². The van der Waals surface area contributed by atoms with E-state index in [2.05, 4.69) is 0 Å². The monoisotopic (exact) mass is 396 g/mol. The molecular weight excluding hydrogens is 372 g/mol. The fraction of sp³-hybridized carbons (Fsp3) is 0.556. The summed E-state index contributed by atoms with van der Waals surface area (Å²) >= 11 is 0. The van der Waals surface area contributed by atoms with Crippen molar-refractivity contribution in [2.24, 2.45) is 0 Å². The zero-order chi connectivity index (χ0) is 19.8. The van der Waals surface area contributed by atoms with Gasteiger partial charge in [0.2, 0.25) is 10.0 Å². The highest BCUT2D eigenvalue weighted by molar-refractivity contribution is 7.89. The molecule has 1 aromatic rings. The van der Waals surface area contributed by atoms with E-state index in [1.807, 2.05) is 13.8 Å². The Kier molecular flexibility index (Phi) is 5.55. The van der Waals surface area contributed by atoms with Crippen LogP contribution in [-0.2, 0) is 19.6 Å². The largest absolute Gasteiger partial charge is 0.480 e. The van der Waals surface area contributed by atoms with E-state index in [1.54, 1.807) is 0 Å². The first-order valence-corrected chi connectivity index (χ1v) is 10.4. The van der Waals surface area contributed by atoms with Gasteiger partial charge in [-0.2, -0.15) is 4.31 Å². The third kappa shape index (κ3) is 3.99. The fourth-order valence-electron chi connectivity index (χ4n) is 3.70. The Bertz CT molecular complexity index is 830. The standard InChI is InChI=1S/C18H24N2O6S/c1-12-10-19(11-13(2)26-12)27(24,25)15-6-3-5-14(9-15)17(21)20-8-4-7-16(20)18(22)23/h3,5-6,9,12-13,16H,4,7-8,10-11H2,1-2H3,(H,22,23)/t12-,13+,16-/m1/s1. The summed E-state index contributed by atoms with van der Waals surface area (Å²) in [6, 6.07) is 4.95. The molecule has 1 N–H and O–H groups in total. The maximum absolute atomic E-state index is 13.0. The number of carboxylic acids is 1. The van der Waals surface area contributed by atoms with Gasteiger partial charge in [-0.3, -0.25) is 4.79 Å². The van der Waals surface area contributed by atoms with Crippen LogP contribution in [0.1, 0.15) is 37.0 Å². The maximum atomic E-state index is 13.0. The predicted molar refractivity (Wildman–Crippen MR) is 96.9 cm³/mol. The fourth-order valence-corrected chi connectivity index (χ4v) is 5.33. The van der Waals surface area contributed by atoms with Crippen LogP contribution in [0, 0.1) is 0 Å². The molecule has 1 aromatic carbocycles. The second-order valence-corrected chi connectivity index (χ2v) is 9.04. The van der Waals surface area contributed by atoms with Crippen molar-refractivity contribution >= 4 is 21.9 Å². The summed E-state index contributed by atoms with van der Waals surface area (Å²) in [4.78, 5) is 25.4. The number of hydrogen-bond donors (Lipinski definition) is 1. The summed E-state index contributed by atoms with van der Waals surface area (Å²) in [7, 11) is -3.77. The summed E-state index contributed by atoms with van der Waals surface area (Å²) in [6.45, 7) is 4.48. The molecule has 3 rings (SSSR count). The molecule has 2 aliphatic rings. The Morgan fingerprint density at radius 2 is 1.85 bits per heavy atom. The van der Waals surface area contributed by atoms with Crippen LogP contribution in [0.2, 0.25) is 0 Å². The average Bonchev–Trinajstić information content (AvgIpc) is 3.10. The first-order chi connectivity index (χ1) is 12.7. The summed E-state index contributed by atoms with van der Waals surface area (Å²) < 4.78 is 33.0. The zero-order valence-corrected chi connectivity index (χ0v) is 16.2. The van der Waals surface area contributed by atoms with Crippen molar-refractivity contribution in [2.75, 3.05) is 19.6 Å². The van der Waals surface area contributed by atoms with Gasteiger partial charge in [0.25, 0.3) is 5.91 Å². The van der Waals surface area contributed by atoms with Gasteiger partial charge >= 0.3 is 5.97 Å². The summed E-state index contributed by atoms with van der Waals surface area (Å²) in [5.74, 6) is -1.50. The molecule has 0 bridgehead atoms. The van der Waals surface area contributed by atoms with Crippen LogP contribution in [0.25, 0.3) is 0 Å². The van der Waals surface area contributed by atoms with Gasteiger partial charge in [0.15, 0.2) is 0 Å². The van der Waals surface area contributed by atoms with Crippen LogP contribution >= 0.6 is 0 Å². The average molecular weight is 396 g/mol. The van der Waals surface area contributed by atoms with E-state index in [9.17, 15) is 23.1 Å². The molecule has 9 heteroatoms. The lowest BCUT2D eigenvalue weighted by Gasteiger charge is -2.34. The second kappa shape index (κ2) is 7.57. The van der Waals surface area contributed by atoms with Crippen molar-refractivity contribution in [2.45, 2.75) is 49.8 Å². The van der Waals surface area contributed by atoms with E-state index >= 15 is 0 Å². The third-order valence-corrected chi connectivity index (χ3v) is 6.73. The minimum absolute atomic E-state index is 0.0284. The van der Waals surface area contributed by atoms with Crippen LogP contribution in [0.3, 0.4) is 0 Å². The van der Waals surface area contributed by atoms with E-state index in [4.69, 9.17) is 4.74 Å². The molecule has 0 aliphatic carbocycles. The molecule has 3 atom stereocenters. The number of hydrogen-bond acceptors (Lipinski definition) is 5. The summed E-state index contributed by atoms with van der Waals surface area (Å²) in [5.41, 5.74) is 0.179. The van der Waals surface area contributed by atoms with Gasteiger partial charge in [-0.05, 0) is 44.9 Å². The molecule has 148 valence electrons. The quantitative estimate of drug-likeness (QED) is 0.819. The highest BCUT2D eigenvalue weighted by Gasteiger charge is 2.36. The number of amides is 1. The number of aliphatic carboxylic acids is 1. The zero-order valence-electron chi connectivity index (χ0n) is 15.4. The van der Waals surface area contributed by atoms with E-state index in [0.29, 0.717) is 19.4 Å². The van der Waals surface area contributed by atoms with Crippen molar-refractivity contribution < 1.29 is 27.9 Å². The predicted octanol–water partition coefficient (Wildman–Crippen LogP) is 1.17. The Morgan fingerprint density at radius 1 is 1.19 bits per heavy atom. The molecule has 27 heavy (non-hydrogen) atoms. The number of carboxylic acid groups (broad SMARTS) is 1. The van der Waals surface area contributed by atoms with Gasteiger partial charge in [0.1, 0.15) is 6.04 Å². The molecule has 2 heterocycles. The number of benzene rings is 1. The van der Waals surface area contributed by atoms with Crippen molar-refractivity contribution in [3.8, 4) is 0 Å². The normalized spacial score (nSPS) is 26.9. The number of rotatable bonds is 4. The van der Waals surface area contributed by atoms with Gasteiger partial charge in [0, 0.05) is 25.2 Å². The Morgan fingerprint density at radius 3 is 2.48 bits per heavy atom. The highest BCUT2D eigenvalue weighted by Crippen LogP contribution is 2.24. The molecule has 2 aliphatic heterocycles. The van der Waals surface area contributed by atoms with Gasteiger partial charge in [-0.25, -0.2) is 13.2 Å². The Balaban J connectivity index is 1.87. The number of nitrogens with zero attached hydrogens (tertiary/aromatic N) is 2. The smallest absolute Gasteiger partial charge is 0.326 e. The number of likely N-dealkylation sites (tertiary alicyclic amines) is 1. The van der Waals surface area contributed by atoms with Crippen LogP contribution in [-0.4, -0.2) is 72.5 Å². The Hall–Kier alpha value is -1.97. The highest BCUT2D eigenvalue weighted by atomic mass is 32.2. The number of sulfonamides is 1. The molecule has 8 nitrogen and oxygen atoms in total. The minimum Gasteiger partial charge on any atom is -0.480 e. The van der Waals surface area contributed by atoms with Crippen molar-refractivity contribution in [1.29, 1.82) is 0 Å². The van der Waals surface area contributed by atoms with Crippen molar-refractivity contribution in [3.63, 3.8) is 0 Å². The molecule has 1 amide bonds. The minimum atomic E-state index is -3.77.